The van der Waals surface area contributed by atoms with Gasteiger partial charge >= 0.3 is 0 Å². The number of aliphatic imine (C=N–C) groups is 1. The summed E-state index contributed by atoms with van der Waals surface area (Å²) in [4.78, 5) is 17.4. The summed E-state index contributed by atoms with van der Waals surface area (Å²) in [5.74, 6) is 0.163. The monoisotopic (exact) mass is 437 g/mol. The van der Waals surface area contributed by atoms with E-state index in [1.165, 1.54) is 11.1 Å². The third kappa shape index (κ3) is 5.95. The van der Waals surface area contributed by atoms with Crippen molar-refractivity contribution >= 4 is 29.2 Å². The molecule has 1 amide bonds. The minimum absolute atomic E-state index is 0.247. The van der Waals surface area contributed by atoms with Gasteiger partial charge in [-0.25, -0.2) is 0 Å². The minimum Gasteiger partial charge on any atom is -0.326 e. The van der Waals surface area contributed by atoms with Gasteiger partial charge in [-0.1, -0.05) is 30.7 Å². The molecule has 3 rings (SSSR count). The quantitative estimate of drug-likeness (QED) is 0.434. The molecule has 0 bridgehead atoms. The molecule has 0 radical (unpaired) electrons. The van der Waals surface area contributed by atoms with Crippen molar-refractivity contribution in [3.63, 3.8) is 0 Å². The number of carbonyl (C=O) groups excluding carboxylic acids is 1. The SMILES string of the molecule is CCc1cccc(NC(=NCCc2c(C)nn(C)c2C)NC(=O)c2ccc(Cl)cc2)c1. The first kappa shape index (κ1) is 22.6. The second-order valence-corrected chi connectivity index (χ2v) is 7.83. The standard InChI is InChI=1S/C24H28ClN5O/c1-5-18-7-6-8-21(15-18)27-24(28-23(31)19-9-11-20(25)12-10-19)26-14-13-22-16(2)29-30(4)17(22)3/h6-12,15H,5,13-14H2,1-4H3,(H2,26,27,28,31). The Bertz CT molecular complexity index is 1090. The van der Waals surface area contributed by atoms with Crippen LogP contribution < -0.4 is 10.6 Å². The molecule has 0 aliphatic carbocycles. The van der Waals surface area contributed by atoms with Crippen molar-refractivity contribution in [2.75, 3.05) is 11.9 Å². The van der Waals surface area contributed by atoms with Gasteiger partial charge in [-0.15, -0.1) is 0 Å². The van der Waals surface area contributed by atoms with Gasteiger partial charge < -0.3 is 5.32 Å². The second-order valence-electron chi connectivity index (χ2n) is 7.39. The third-order valence-electron chi connectivity index (χ3n) is 5.23. The van der Waals surface area contributed by atoms with E-state index in [1.807, 2.05) is 30.8 Å². The average molecular weight is 438 g/mol. The number of nitrogens with zero attached hydrogens (tertiary/aromatic N) is 3. The predicted molar refractivity (Wildman–Crippen MR) is 127 cm³/mol. The molecule has 1 aromatic heterocycles. The zero-order valence-corrected chi connectivity index (χ0v) is 19.1. The van der Waals surface area contributed by atoms with Crippen LogP contribution >= 0.6 is 11.6 Å². The van der Waals surface area contributed by atoms with Crippen molar-refractivity contribution in [3.8, 4) is 0 Å². The Kier molecular flexibility index (Phi) is 7.47. The molecule has 0 aliphatic heterocycles. The number of aromatic nitrogens is 2. The topological polar surface area (TPSA) is 71.3 Å². The Labute approximate surface area is 188 Å². The van der Waals surface area contributed by atoms with Crippen molar-refractivity contribution in [2.24, 2.45) is 12.0 Å². The molecule has 2 N–H and O–H groups in total. The number of halogens is 1. The summed E-state index contributed by atoms with van der Waals surface area (Å²) in [7, 11) is 1.94. The number of guanidine groups is 1. The highest BCUT2D eigenvalue weighted by molar-refractivity contribution is 6.30. The van der Waals surface area contributed by atoms with Crippen LogP contribution in [0.1, 0.15) is 39.8 Å². The number of anilines is 1. The lowest BCUT2D eigenvalue weighted by molar-refractivity contribution is 0.0977. The number of hydrogen-bond acceptors (Lipinski definition) is 3. The van der Waals surface area contributed by atoms with E-state index < -0.39 is 0 Å². The Balaban J connectivity index is 1.79. The first-order valence-corrected chi connectivity index (χ1v) is 10.7. The third-order valence-corrected chi connectivity index (χ3v) is 5.48. The molecule has 2 aromatic carbocycles. The molecule has 0 saturated heterocycles. The smallest absolute Gasteiger partial charge is 0.257 e. The zero-order valence-electron chi connectivity index (χ0n) is 18.4. The molecule has 0 aliphatic rings. The van der Waals surface area contributed by atoms with E-state index in [1.54, 1.807) is 24.3 Å². The first-order valence-electron chi connectivity index (χ1n) is 10.3. The lowest BCUT2D eigenvalue weighted by Crippen LogP contribution is -2.36. The predicted octanol–water partition coefficient (Wildman–Crippen LogP) is 4.69. The van der Waals surface area contributed by atoms with Gasteiger partial charge in [0.2, 0.25) is 5.96 Å². The summed E-state index contributed by atoms with van der Waals surface area (Å²) in [6.45, 7) is 6.68. The van der Waals surface area contributed by atoms with Crippen LogP contribution in [0.3, 0.4) is 0 Å². The van der Waals surface area contributed by atoms with Gasteiger partial charge in [-0.3, -0.25) is 19.8 Å². The van der Waals surface area contributed by atoms with Crippen LogP contribution in [0, 0.1) is 13.8 Å². The van der Waals surface area contributed by atoms with Gasteiger partial charge in [-0.05, 0) is 74.2 Å². The molecule has 3 aromatic rings. The maximum atomic E-state index is 12.7. The van der Waals surface area contributed by atoms with Crippen LogP contribution in [0.4, 0.5) is 5.69 Å². The second kappa shape index (κ2) is 10.3. The van der Waals surface area contributed by atoms with Gasteiger partial charge in [0.1, 0.15) is 0 Å². The summed E-state index contributed by atoms with van der Waals surface area (Å²) in [6, 6.07) is 14.8. The highest BCUT2D eigenvalue weighted by Crippen LogP contribution is 2.14. The van der Waals surface area contributed by atoms with E-state index in [-0.39, 0.29) is 5.91 Å². The molecule has 1 heterocycles. The minimum atomic E-state index is -0.247. The van der Waals surface area contributed by atoms with Crippen LogP contribution in [-0.4, -0.2) is 28.2 Å². The van der Waals surface area contributed by atoms with Gasteiger partial charge in [0, 0.05) is 35.6 Å². The molecule has 31 heavy (non-hydrogen) atoms. The molecule has 0 unspecified atom stereocenters. The summed E-state index contributed by atoms with van der Waals surface area (Å²) >= 11 is 5.94. The number of rotatable bonds is 6. The normalized spacial score (nSPS) is 11.5. The van der Waals surface area contributed by atoms with Gasteiger partial charge in [-0.2, -0.15) is 5.10 Å². The van der Waals surface area contributed by atoms with E-state index in [2.05, 4.69) is 46.7 Å². The maximum Gasteiger partial charge on any atom is 0.257 e. The number of carbonyl (C=O) groups is 1. The van der Waals surface area contributed by atoms with Crippen LogP contribution in [0.15, 0.2) is 53.5 Å². The molecule has 7 heteroatoms. The van der Waals surface area contributed by atoms with Crippen LogP contribution in [0.25, 0.3) is 0 Å². The van der Waals surface area contributed by atoms with Gasteiger partial charge in [0.15, 0.2) is 0 Å². The van der Waals surface area contributed by atoms with E-state index in [0.717, 1.165) is 29.9 Å². The molecule has 0 saturated carbocycles. The number of nitrogens with one attached hydrogen (secondary N) is 2. The van der Waals surface area contributed by atoms with E-state index in [9.17, 15) is 4.79 Å². The van der Waals surface area contributed by atoms with Crippen molar-refractivity contribution in [2.45, 2.75) is 33.6 Å². The fourth-order valence-corrected chi connectivity index (χ4v) is 3.48. The Morgan fingerprint density at radius 1 is 1.16 bits per heavy atom. The van der Waals surface area contributed by atoms with E-state index in [0.29, 0.717) is 23.1 Å². The summed E-state index contributed by atoms with van der Waals surface area (Å²) < 4.78 is 1.88. The molecule has 0 atom stereocenters. The van der Waals surface area contributed by atoms with Gasteiger partial charge in [0.05, 0.1) is 5.69 Å². The van der Waals surface area contributed by atoms with Gasteiger partial charge in [0.25, 0.3) is 5.91 Å². The number of benzene rings is 2. The molecular weight excluding hydrogens is 410 g/mol. The molecule has 0 spiro atoms. The van der Waals surface area contributed by atoms with Crippen LogP contribution in [0.5, 0.6) is 0 Å². The molecule has 162 valence electrons. The number of amides is 1. The van der Waals surface area contributed by atoms with Crippen LogP contribution in [-0.2, 0) is 19.9 Å². The van der Waals surface area contributed by atoms with Crippen molar-refractivity contribution in [1.82, 2.24) is 15.1 Å². The van der Waals surface area contributed by atoms with Crippen molar-refractivity contribution in [3.05, 3.63) is 81.6 Å². The Hall–Kier alpha value is -3.12. The lowest BCUT2D eigenvalue weighted by atomic mass is 10.1. The summed E-state index contributed by atoms with van der Waals surface area (Å²) in [5.41, 5.74) is 5.91. The molecular formula is C24H28ClN5O. The van der Waals surface area contributed by atoms with E-state index >= 15 is 0 Å². The highest BCUT2D eigenvalue weighted by Gasteiger charge is 2.12. The Morgan fingerprint density at radius 3 is 2.55 bits per heavy atom. The largest absolute Gasteiger partial charge is 0.326 e. The molecule has 6 nitrogen and oxygen atoms in total. The van der Waals surface area contributed by atoms with Crippen molar-refractivity contribution < 1.29 is 4.79 Å². The first-order chi connectivity index (χ1) is 14.9. The lowest BCUT2D eigenvalue weighted by Gasteiger charge is -2.13. The van der Waals surface area contributed by atoms with E-state index in [4.69, 9.17) is 11.6 Å². The summed E-state index contributed by atoms with van der Waals surface area (Å²) in [5, 5.41) is 11.2. The van der Waals surface area contributed by atoms with Crippen molar-refractivity contribution in [1.29, 1.82) is 0 Å². The maximum absolute atomic E-state index is 12.7. The highest BCUT2D eigenvalue weighted by atomic mass is 35.5. The van der Waals surface area contributed by atoms with Crippen LogP contribution in [0.2, 0.25) is 5.02 Å². The number of hydrogen-bond donors (Lipinski definition) is 2. The Morgan fingerprint density at radius 2 is 1.90 bits per heavy atom. The zero-order chi connectivity index (χ0) is 22.4. The number of aryl methyl sites for hydroxylation is 3. The summed E-state index contributed by atoms with van der Waals surface area (Å²) in [6.07, 6.45) is 1.67. The average Bonchev–Trinajstić information content (AvgIpc) is 3.00. The fraction of sp³-hybridized carbons (Fsp3) is 0.292. The molecule has 0 fully saturated rings. The fourth-order valence-electron chi connectivity index (χ4n) is 3.36.